The second-order valence-corrected chi connectivity index (χ2v) is 12.0. The van der Waals surface area contributed by atoms with Gasteiger partial charge in [-0.2, -0.15) is 14.8 Å². The van der Waals surface area contributed by atoms with Gasteiger partial charge in [0.05, 0.1) is 50.0 Å². The van der Waals surface area contributed by atoms with Crippen molar-refractivity contribution in [1.29, 1.82) is 0 Å². The van der Waals surface area contributed by atoms with E-state index in [-0.39, 0.29) is 17.7 Å². The Kier molecular flexibility index (Phi) is 6.44. The van der Waals surface area contributed by atoms with Crippen LogP contribution in [0.4, 0.5) is 0 Å². The van der Waals surface area contributed by atoms with Gasteiger partial charge in [0.15, 0.2) is 17.9 Å². The molecule has 8 heteroatoms. The van der Waals surface area contributed by atoms with E-state index in [2.05, 4.69) is 83.8 Å². The first kappa shape index (κ1) is 27.2. The lowest BCUT2D eigenvalue weighted by Crippen LogP contribution is -2.60. The summed E-state index contributed by atoms with van der Waals surface area (Å²) in [6.45, 7) is 1.28. The lowest BCUT2D eigenvalue weighted by Gasteiger charge is -2.47. The molecule has 1 aliphatic carbocycles. The summed E-state index contributed by atoms with van der Waals surface area (Å²) in [5, 5.41) is 21.3. The smallest absolute Gasteiger partial charge is 0.190 e. The van der Waals surface area contributed by atoms with E-state index in [1.807, 2.05) is 39.7 Å². The summed E-state index contributed by atoms with van der Waals surface area (Å²) >= 11 is 0. The van der Waals surface area contributed by atoms with Crippen molar-refractivity contribution in [3.8, 4) is 17.2 Å². The number of aromatic hydroxyl groups is 1. The summed E-state index contributed by atoms with van der Waals surface area (Å²) in [6.07, 6.45) is 7.12. The van der Waals surface area contributed by atoms with Gasteiger partial charge in [-0.25, -0.2) is 0 Å². The van der Waals surface area contributed by atoms with Gasteiger partial charge in [-0.15, -0.1) is 0 Å². The summed E-state index contributed by atoms with van der Waals surface area (Å²) in [4.78, 5) is 0. The molecule has 224 valence electrons. The second-order valence-electron chi connectivity index (χ2n) is 12.0. The molecule has 1 N–H and O–H groups in total. The van der Waals surface area contributed by atoms with Crippen molar-refractivity contribution in [2.24, 2.45) is 0 Å². The first-order chi connectivity index (χ1) is 22.1. The van der Waals surface area contributed by atoms with Crippen LogP contribution in [0.3, 0.4) is 0 Å². The molecule has 8 nitrogen and oxygen atoms in total. The van der Waals surface area contributed by atoms with Crippen LogP contribution < -0.4 is 14.0 Å². The molecule has 3 aromatic heterocycles. The molecule has 45 heavy (non-hydrogen) atoms. The lowest BCUT2D eigenvalue weighted by molar-refractivity contribution is -0.732. The summed E-state index contributed by atoms with van der Waals surface area (Å²) in [7, 11) is 3.36. The number of fused-ring (bicyclic) bond motifs is 1. The van der Waals surface area contributed by atoms with Crippen molar-refractivity contribution in [1.82, 2.24) is 19.6 Å². The molecule has 2 bridgehead atoms. The molecule has 2 atom stereocenters. The average molecular weight is 597 g/mol. The van der Waals surface area contributed by atoms with Crippen molar-refractivity contribution < 1.29 is 19.1 Å². The van der Waals surface area contributed by atoms with Gasteiger partial charge in [0.25, 0.3) is 0 Å². The van der Waals surface area contributed by atoms with Crippen molar-refractivity contribution in [2.45, 2.75) is 36.9 Å². The largest absolute Gasteiger partial charge is 0.508 e. The molecule has 0 spiro atoms. The van der Waals surface area contributed by atoms with Gasteiger partial charge in [0.1, 0.15) is 17.2 Å². The molecule has 6 aromatic rings. The Hall–Kier alpha value is -5.37. The number of pyridine rings is 1. The zero-order valence-electron chi connectivity index (χ0n) is 25.2. The van der Waals surface area contributed by atoms with Gasteiger partial charge in [-0.3, -0.25) is 9.36 Å². The molecule has 0 saturated carbocycles. The maximum absolute atomic E-state index is 10.7. The number of ether oxygens (including phenoxy) is 2. The molecule has 2 aliphatic heterocycles. The fourth-order valence-electron chi connectivity index (χ4n) is 7.42. The Morgan fingerprint density at radius 1 is 0.756 bits per heavy atom. The van der Waals surface area contributed by atoms with Gasteiger partial charge in [-0.05, 0) is 71.3 Å². The van der Waals surface area contributed by atoms with E-state index >= 15 is 0 Å². The maximum atomic E-state index is 10.7. The molecular formula is C37H34N5O3+. The lowest BCUT2D eigenvalue weighted by atomic mass is 9.55. The number of aromatic nitrogens is 5. The van der Waals surface area contributed by atoms with Gasteiger partial charge >= 0.3 is 0 Å². The van der Waals surface area contributed by atoms with Crippen LogP contribution in [0.25, 0.3) is 0 Å². The van der Waals surface area contributed by atoms with Gasteiger partial charge in [0, 0.05) is 36.5 Å². The standard InChI is InChI=1S/C37H33N5O3/c1-44-28-11-6-25(7-12-28)23-40-19-16-34(38-40)37(35-17-20-41(39-35)24-26-8-13-29(45-2)14-9-26)22-33-30-15-10-27(43)21-31(30)36(37)32-5-3-4-18-42(32)33/h3-21,33,36H,22-24H2,1-2H3/p+1. The van der Waals surface area contributed by atoms with Crippen LogP contribution >= 0.6 is 0 Å². The number of rotatable bonds is 8. The minimum absolute atomic E-state index is 0.0697. The highest BCUT2D eigenvalue weighted by Gasteiger charge is 2.61. The van der Waals surface area contributed by atoms with E-state index in [4.69, 9.17) is 19.7 Å². The Morgan fingerprint density at radius 3 is 1.93 bits per heavy atom. The Morgan fingerprint density at radius 2 is 1.36 bits per heavy atom. The Labute approximate surface area is 261 Å². The summed E-state index contributed by atoms with van der Waals surface area (Å²) in [5.41, 5.74) is 7.26. The van der Waals surface area contributed by atoms with Crippen LogP contribution in [-0.4, -0.2) is 38.9 Å². The van der Waals surface area contributed by atoms with Crippen LogP contribution in [0.2, 0.25) is 0 Å². The Bertz CT molecular complexity index is 1910. The molecule has 0 saturated heterocycles. The predicted molar refractivity (Wildman–Crippen MR) is 169 cm³/mol. The fourth-order valence-corrected chi connectivity index (χ4v) is 7.42. The monoisotopic (exact) mass is 596 g/mol. The molecule has 0 radical (unpaired) electrons. The van der Waals surface area contributed by atoms with Crippen LogP contribution in [0.1, 0.15) is 57.7 Å². The summed E-state index contributed by atoms with van der Waals surface area (Å²) < 4.78 is 17.1. The van der Waals surface area contributed by atoms with Crippen LogP contribution in [-0.2, 0) is 18.5 Å². The fraction of sp³-hybridized carbons (Fsp3) is 0.216. The van der Waals surface area contributed by atoms with Crippen molar-refractivity contribution in [3.63, 3.8) is 0 Å². The van der Waals surface area contributed by atoms with E-state index in [0.717, 1.165) is 46.0 Å². The molecule has 0 amide bonds. The molecule has 3 aliphatic rings. The number of nitrogens with zero attached hydrogens (tertiary/aromatic N) is 5. The zero-order chi connectivity index (χ0) is 30.5. The molecular weight excluding hydrogens is 562 g/mol. The minimum atomic E-state index is -0.552. The van der Waals surface area contributed by atoms with E-state index in [9.17, 15) is 5.11 Å². The van der Waals surface area contributed by atoms with Gasteiger partial charge in [0.2, 0.25) is 0 Å². The molecule has 0 fully saturated rings. The van der Waals surface area contributed by atoms with E-state index in [0.29, 0.717) is 13.1 Å². The number of hydrogen-bond donors (Lipinski definition) is 1. The van der Waals surface area contributed by atoms with Gasteiger partial charge < -0.3 is 14.6 Å². The topological polar surface area (TPSA) is 78.2 Å². The predicted octanol–water partition coefficient (Wildman–Crippen LogP) is 5.61. The number of benzene rings is 3. The number of phenols is 1. The number of methoxy groups -OCH3 is 2. The number of phenolic OH excluding ortho intramolecular Hbond substituents is 1. The summed E-state index contributed by atoms with van der Waals surface area (Å²) in [5.74, 6) is 1.84. The minimum Gasteiger partial charge on any atom is -0.508 e. The van der Waals surface area contributed by atoms with Crippen molar-refractivity contribution >= 4 is 0 Å². The molecule has 5 heterocycles. The molecule has 9 rings (SSSR count). The van der Waals surface area contributed by atoms with Crippen LogP contribution in [0.5, 0.6) is 17.2 Å². The highest BCUT2D eigenvalue weighted by Crippen LogP contribution is 2.59. The third-order valence-electron chi connectivity index (χ3n) is 9.51. The quantitative estimate of drug-likeness (QED) is 0.231. The zero-order valence-corrected chi connectivity index (χ0v) is 25.2. The third-order valence-corrected chi connectivity index (χ3v) is 9.51. The second kappa shape index (κ2) is 10.7. The first-order valence-electron chi connectivity index (χ1n) is 15.2. The van der Waals surface area contributed by atoms with E-state index in [1.165, 1.54) is 11.3 Å². The third kappa shape index (κ3) is 4.47. The Balaban J connectivity index is 1.26. The number of hydrogen-bond acceptors (Lipinski definition) is 5. The van der Waals surface area contributed by atoms with Gasteiger partial charge in [-0.1, -0.05) is 30.3 Å². The van der Waals surface area contributed by atoms with Crippen molar-refractivity contribution in [3.05, 3.63) is 155 Å². The van der Waals surface area contributed by atoms with Crippen LogP contribution in [0.15, 0.2) is 116 Å². The average Bonchev–Trinajstić information content (AvgIpc) is 3.76. The molecule has 3 aromatic carbocycles. The highest BCUT2D eigenvalue weighted by molar-refractivity contribution is 5.53. The van der Waals surface area contributed by atoms with E-state index in [1.54, 1.807) is 20.3 Å². The van der Waals surface area contributed by atoms with Crippen molar-refractivity contribution in [2.75, 3.05) is 14.2 Å². The normalized spacial score (nSPS) is 17.5. The van der Waals surface area contributed by atoms with Crippen LogP contribution in [0, 0.1) is 0 Å². The summed E-state index contributed by atoms with van der Waals surface area (Å²) in [6, 6.07) is 32.8. The highest BCUT2D eigenvalue weighted by atomic mass is 16.5. The first-order valence-corrected chi connectivity index (χ1v) is 15.2. The molecule has 2 unspecified atom stereocenters. The maximum Gasteiger partial charge on any atom is 0.190 e. The SMILES string of the molecule is COc1ccc(Cn2ccc(C3(c4ccn(Cc5ccc(OC)cc5)n4)CC4c5ccc(O)cc5C3c3cccc[n+]34)n2)cc1. The van der Waals surface area contributed by atoms with E-state index < -0.39 is 5.41 Å².